The molecule has 3 rings (SSSR count). The van der Waals surface area contributed by atoms with Crippen LogP contribution in [0, 0.1) is 0 Å². The average Bonchev–Trinajstić information content (AvgIpc) is 2.74. The van der Waals surface area contributed by atoms with Crippen LogP contribution < -0.4 is 20.1 Å². The van der Waals surface area contributed by atoms with Crippen molar-refractivity contribution in [3.63, 3.8) is 0 Å². The molecule has 0 heterocycles. The quantitative estimate of drug-likeness (QED) is 0.588. The lowest BCUT2D eigenvalue weighted by atomic mass is 10.1. The summed E-state index contributed by atoms with van der Waals surface area (Å²) < 4.78 is 10.7. The third kappa shape index (κ3) is 5.04. The first-order valence-corrected chi connectivity index (χ1v) is 9.19. The normalized spacial score (nSPS) is 11.4. The van der Waals surface area contributed by atoms with Crippen molar-refractivity contribution in [2.24, 2.45) is 0 Å². The number of nitrogens with one attached hydrogen (secondary N) is 2. The predicted octanol–water partition coefficient (Wildman–Crippen LogP) is 4.89. The third-order valence-corrected chi connectivity index (χ3v) is 4.21. The zero-order valence-electron chi connectivity index (χ0n) is 16.0. The van der Waals surface area contributed by atoms with Gasteiger partial charge < -0.3 is 20.1 Å². The lowest BCUT2D eigenvalue weighted by Crippen LogP contribution is -2.27. The highest BCUT2D eigenvalue weighted by molar-refractivity contribution is 5.97. The fourth-order valence-corrected chi connectivity index (χ4v) is 2.84. The lowest BCUT2D eigenvalue weighted by Gasteiger charge is -2.20. The Labute approximate surface area is 165 Å². The van der Waals surface area contributed by atoms with E-state index in [4.69, 9.17) is 9.47 Å². The van der Waals surface area contributed by atoms with Crippen molar-refractivity contribution in [1.82, 2.24) is 0 Å². The molecule has 0 fully saturated rings. The van der Waals surface area contributed by atoms with E-state index in [1.807, 2.05) is 79.7 Å². The van der Waals surface area contributed by atoms with Crippen LogP contribution in [0.5, 0.6) is 11.5 Å². The minimum atomic E-state index is -0.551. The Bertz CT molecular complexity index is 895. The number of anilines is 2. The van der Waals surface area contributed by atoms with Gasteiger partial charge in [-0.25, -0.2) is 0 Å². The second kappa shape index (κ2) is 9.46. The molecule has 3 aromatic rings. The van der Waals surface area contributed by atoms with E-state index in [1.54, 1.807) is 13.2 Å². The van der Waals surface area contributed by atoms with Gasteiger partial charge in [-0.05, 0) is 48.9 Å². The minimum Gasteiger partial charge on any atom is -0.497 e. The van der Waals surface area contributed by atoms with E-state index >= 15 is 0 Å². The monoisotopic (exact) mass is 376 g/mol. The van der Waals surface area contributed by atoms with Crippen molar-refractivity contribution in [2.75, 3.05) is 24.4 Å². The van der Waals surface area contributed by atoms with E-state index in [0.29, 0.717) is 18.0 Å². The van der Waals surface area contributed by atoms with Gasteiger partial charge in [0.05, 0.1) is 13.7 Å². The number of hydrogen-bond donors (Lipinski definition) is 2. The zero-order chi connectivity index (χ0) is 19.8. The maximum Gasteiger partial charge on any atom is 0.251 e. The molecule has 2 N–H and O–H groups in total. The molecular weight excluding hydrogens is 352 g/mol. The number of carbonyl (C=O) groups is 1. The van der Waals surface area contributed by atoms with Gasteiger partial charge >= 0.3 is 0 Å². The molecule has 0 bridgehead atoms. The van der Waals surface area contributed by atoms with Crippen LogP contribution in [0.25, 0.3) is 0 Å². The first-order valence-electron chi connectivity index (χ1n) is 9.19. The lowest BCUT2D eigenvalue weighted by molar-refractivity contribution is -0.117. The van der Waals surface area contributed by atoms with Crippen molar-refractivity contribution in [3.8, 4) is 11.5 Å². The topological polar surface area (TPSA) is 59.6 Å². The fourth-order valence-electron chi connectivity index (χ4n) is 2.84. The van der Waals surface area contributed by atoms with Gasteiger partial charge in [-0.1, -0.05) is 36.4 Å². The maximum atomic E-state index is 13.0. The molecule has 5 heteroatoms. The molecular formula is C23H24N2O3. The molecule has 1 atom stereocenters. The number of benzene rings is 3. The van der Waals surface area contributed by atoms with Gasteiger partial charge in [0.25, 0.3) is 5.91 Å². The summed E-state index contributed by atoms with van der Waals surface area (Å²) in [4.78, 5) is 13.0. The van der Waals surface area contributed by atoms with Crippen molar-refractivity contribution in [3.05, 3.63) is 84.4 Å². The molecule has 28 heavy (non-hydrogen) atoms. The van der Waals surface area contributed by atoms with E-state index in [-0.39, 0.29) is 5.91 Å². The summed E-state index contributed by atoms with van der Waals surface area (Å²) in [5.41, 5.74) is 2.38. The number of carbonyl (C=O) groups excluding carboxylic acids is 1. The summed E-state index contributed by atoms with van der Waals surface area (Å²) in [5.74, 6) is 1.33. The van der Waals surface area contributed by atoms with Gasteiger partial charge in [0.2, 0.25) is 0 Å². The smallest absolute Gasteiger partial charge is 0.251 e. The highest BCUT2D eigenvalue weighted by atomic mass is 16.5. The molecule has 0 aromatic heterocycles. The molecule has 0 saturated heterocycles. The molecule has 5 nitrogen and oxygen atoms in total. The molecule has 0 unspecified atom stereocenters. The zero-order valence-corrected chi connectivity index (χ0v) is 16.0. The predicted molar refractivity (Wildman–Crippen MR) is 112 cm³/mol. The van der Waals surface area contributed by atoms with Gasteiger partial charge in [0.1, 0.15) is 17.5 Å². The fraction of sp³-hybridized carbons (Fsp3) is 0.174. The number of hydrogen-bond acceptors (Lipinski definition) is 4. The van der Waals surface area contributed by atoms with Crippen LogP contribution >= 0.6 is 0 Å². The Hall–Kier alpha value is -3.47. The van der Waals surface area contributed by atoms with Crippen LogP contribution in [0.1, 0.15) is 18.5 Å². The van der Waals surface area contributed by atoms with Crippen LogP contribution in [0.15, 0.2) is 78.9 Å². The summed E-state index contributed by atoms with van der Waals surface area (Å²) >= 11 is 0. The highest BCUT2D eigenvalue weighted by Gasteiger charge is 2.20. The minimum absolute atomic E-state index is 0.159. The van der Waals surface area contributed by atoms with E-state index in [9.17, 15) is 4.79 Å². The van der Waals surface area contributed by atoms with Crippen molar-refractivity contribution in [2.45, 2.75) is 13.0 Å². The van der Waals surface area contributed by atoms with Crippen molar-refractivity contribution in [1.29, 1.82) is 0 Å². The van der Waals surface area contributed by atoms with E-state index < -0.39 is 6.04 Å². The van der Waals surface area contributed by atoms with Crippen LogP contribution in [-0.4, -0.2) is 19.6 Å². The Kier molecular flexibility index (Phi) is 6.52. The SMILES string of the molecule is CCOc1ccc(N[C@H](C(=O)Nc2cccc(OC)c2)c2ccccc2)cc1. The Morgan fingerprint density at radius 1 is 0.893 bits per heavy atom. The van der Waals surface area contributed by atoms with Crippen LogP contribution in [-0.2, 0) is 4.79 Å². The number of ether oxygens (including phenoxy) is 2. The van der Waals surface area contributed by atoms with Crippen molar-refractivity contribution < 1.29 is 14.3 Å². The molecule has 0 aliphatic rings. The largest absolute Gasteiger partial charge is 0.497 e. The molecule has 0 aliphatic heterocycles. The summed E-state index contributed by atoms with van der Waals surface area (Å²) in [6, 6.07) is 23.9. The molecule has 0 radical (unpaired) electrons. The van der Waals surface area contributed by atoms with Gasteiger partial charge in [-0.3, -0.25) is 4.79 Å². The summed E-state index contributed by atoms with van der Waals surface area (Å²) in [7, 11) is 1.60. The molecule has 1 amide bonds. The number of amides is 1. The van der Waals surface area contributed by atoms with Crippen LogP contribution in [0.3, 0.4) is 0 Å². The summed E-state index contributed by atoms with van der Waals surface area (Å²) in [6.45, 7) is 2.56. The molecule has 0 aliphatic carbocycles. The van der Waals surface area contributed by atoms with Crippen LogP contribution in [0.4, 0.5) is 11.4 Å². The van der Waals surface area contributed by atoms with Gasteiger partial charge in [-0.15, -0.1) is 0 Å². The van der Waals surface area contributed by atoms with Crippen molar-refractivity contribution >= 4 is 17.3 Å². The second-order valence-corrected chi connectivity index (χ2v) is 6.17. The molecule has 3 aromatic carbocycles. The second-order valence-electron chi connectivity index (χ2n) is 6.17. The molecule has 0 spiro atoms. The van der Waals surface area contributed by atoms with Gasteiger partial charge in [0.15, 0.2) is 0 Å². The Morgan fingerprint density at radius 3 is 2.32 bits per heavy atom. The van der Waals surface area contributed by atoms with E-state index in [0.717, 1.165) is 17.0 Å². The van der Waals surface area contributed by atoms with E-state index in [2.05, 4.69) is 10.6 Å². The summed E-state index contributed by atoms with van der Waals surface area (Å²) in [6.07, 6.45) is 0. The molecule has 0 saturated carbocycles. The van der Waals surface area contributed by atoms with Gasteiger partial charge in [0, 0.05) is 17.4 Å². The number of rotatable bonds is 8. The first kappa shape index (κ1) is 19.3. The third-order valence-electron chi connectivity index (χ3n) is 4.21. The summed E-state index contributed by atoms with van der Waals surface area (Å²) in [5, 5.41) is 6.28. The Morgan fingerprint density at radius 2 is 1.64 bits per heavy atom. The molecule has 144 valence electrons. The van der Waals surface area contributed by atoms with Crippen LogP contribution in [0.2, 0.25) is 0 Å². The first-order chi connectivity index (χ1) is 13.7. The Balaban J connectivity index is 1.81. The highest BCUT2D eigenvalue weighted by Crippen LogP contribution is 2.24. The standard InChI is InChI=1S/C23H24N2O3/c1-3-28-20-14-12-18(13-15-20)24-22(17-8-5-4-6-9-17)23(26)25-19-10-7-11-21(16-19)27-2/h4-16,22,24H,3H2,1-2H3,(H,25,26)/t22-/m0/s1. The maximum absolute atomic E-state index is 13.0. The average molecular weight is 376 g/mol. The van der Waals surface area contributed by atoms with E-state index in [1.165, 1.54) is 0 Å². The number of methoxy groups -OCH3 is 1. The van der Waals surface area contributed by atoms with Gasteiger partial charge in [-0.2, -0.15) is 0 Å².